The molecule has 0 heterocycles. The van der Waals surface area contributed by atoms with Crippen LogP contribution in [0.4, 0.5) is 0 Å². The van der Waals surface area contributed by atoms with E-state index in [1.54, 1.807) is 0 Å². The summed E-state index contributed by atoms with van der Waals surface area (Å²) in [4.78, 5) is 0. The van der Waals surface area contributed by atoms with Gasteiger partial charge in [0.1, 0.15) is 0 Å². The van der Waals surface area contributed by atoms with Crippen LogP contribution in [0.1, 0.15) is 0 Å². The van der Waals surface area contributed by atoms with E-state index in [1.807, 2.05) is 0 Å². The smallest absolute Gasteiger partial charge is 0.284 e. The van der Waals surface area contributed by atoms with Crippen molar-refractivity contribution in [2.75, 3.05) is 0 Å². The Morgan fingerprint density at radius 3 is 1.40 bits per heavy atom. The van der Waals surface area contributed by atoms with E-state index in [9.17, 15) is 0 Å². The van der Waals surface area contributed by atoms with E-state index >= 15 is 0 Å². The summed E-state index contributed by atoms with van der Waals surface area (Å²) in [5, 5.41) is 0. The minimum atomic E-state index is -2.61. The normalized spacial score (nSPS) is 7.00. The quantitative estimate of drug-likeness (QED) is 0.361. The van der Waals surface area contributed by atoms with Crippen molar-refractivity contribution in [1.82, 2.24) is 0 Å². The second kappa shape index (κ2) is 4.63. The van der Waals surface area contributed by atoms with Gasteiger partial charge in [0, 0.05) is 18.0 Å². The molecule has 3 nitrogen and oxygen atoms in total. The van der Waals surface area contributed by atoms with Gasteiger partial charge in [-0.15, -0.1) is 0 Å². The maximum absolute atomic E-state index is 8.67. The molecule has 3 radical (unpaired) electrons. The molecule has 0 rings (SSSR count). The van der Waals surface area contributed by atoms with Gasteiger partial charge in [-0.1, -0.05) is 0 Å². The first-order chi connectivity index (χ1) is 1.73. The minimum Gasteiger partial charge on any atom is -0.284 e. The maximum atomic E-state index is 8.67. The van der Waals surface area contributed by atoms with E-state index in [4.69, 9.17) is 13.3 Å². The topological polar surface area (TPSA) is 57.5 Å². The largest absolute Gasteiger partial charge is 0.299 e. The third kappa shape index (κ3) is 81.0. The molecule has 0 amide bonds. The first-order valence-corrected chi connectivity index (χ1v) is 1.60. The summed E-state index contributed by atoms with van der Waals surface area (Å²) in [5.41, 5.74) is 0. The summed E-state index contributed by atoms with van der Waals surface area (Å²) >= 11 is -2.61. The molecule has 0 spiro atoms. The van der Waals surface area contributed by atoms with Crippen molar-refractivity contribution in [2.24, 2.45) is 0 Å². The second-order valence-corrected chi connectivity index (χ2v) is 0.692. The molecule has 5 heavy (non-hydrogen) atoms. The standard InChI is InChI=1S/As.H2O3S/c;1-4(2)3/h;(H2,1,2,3). The van der Waals surface area contributed by atoms with E-state index in [1.165, 1.54) is 0 Å². The molecule has 0 aliphatic heterocycles. The first kappa shape index (κ1) is 9.16. The van der Waals surface area contributed by atoms with Gasteiger partial charge in [0.15, 0.2) is 0 Å². The minimum absolute atomic E-state index is 0. The molecular formula is H2AsO3S. The van der Waals surface area contributed by atoms with Crippen LogP contribution in [0.2, 0.25) is 0 Å². The summed E-state index contributed by atoms with van der Waals surface area (Å²) in [6, 6.07) is 0. The molecule has 0 saturated carbocycles. The fourth-order valence-corrected chi connectivity index (χ4v) is 0. The van der Waals surface area contributed by atoms with Crippen molar-refractivity contribution in [3.63, 3.8) is 0 Å². The fourth-order valence-electron chi connectivity index (χ4n) is 0. The van der Waals surface area contributed by atoms with Crippen LogP contribution in [0, 0.1) is 0 Å². The van der Waals surface area contributed by atoms with Crippen molar-refractivity contribution >= 4 is 29.3 Å². The third-order valence-electron chi connectivity index (χ3n) is 0. The van der Waals surface area contributed by atoms with Crippen molar-refractivity contribution in [1.29, 1.82) is 0 Å². The average molecular weight is 157 g/mol. The third-order valence-corrected chi connectivity index (χ3v) is 0. The van der Waals surface area contributed by atoms with Crippen LogP contribution in [-0.2, 0) is 11.4 Å². The molecule has 0 unspecified atom stereocenters. The number of hydrogen-bond donors (Lipinski definition) is 2. The van der Waals surface area contributed by atoms with Crippen LogP contribution >= 0.6 is 0 Å². The van der Waals surface area contributed by atoms with Crippen LogP contribution in [0.15, 0.2) is 0 Å². The second-order valence-electron chi connectivity index (χ2n) is 0.231. The molecule has 0 aliphatic rings. The van der Waals surface area contributed by atoms with Gasteiger partial charge in [0.25, 0.3) is 11.4 Å². The Morgan fingerprint density at radius 2 is 1.40 bits per heavy atom. The van der Waals surface area contributed by atoms with Crippen molar-refractivity contribution < 1.29 is 13.3 Å². The summed E-state index contributed by atoms with van der Waals surface area (Å²) < 4.78 is 22.8. The molecule has 0 bridgehead atoms. The molecule has 0 fully saturated rings. The SMILES string of the molecule is O=S(O)O.[As]. The van der Waals surface area contributed by atoms with Crippen LogP contribution < -0.4 is 0 Å². The van der Waals surface area contributed by atoms with Crippen LogP contribution in [0.25, 0.3) is 0 Å². The van der Waals surface area contributed by atoms with E-state index in [-0.39, 0.29) is 18.0 Å². The van der Waals surface area contributed by atoms with E-state index in [2.05, 4.69) is 0 Å². The van der Waals surface area contributed by atoms with E-state index in [0.29, 0.717) is 0 Å². The Kier molecular flexibility index (Phi) is 8.48. The van der Waals surface area contributed by atoms with Crippen molar-refractivity contribution in [2.45, 2.75) is 0 Å². The number of rotatable bonds is 0. The van der Waals surface area contributed by atoms with Gasteiger partial charge in [0.05, 0.1) is 0 Å². The zero-order valence-electron chi connectivity index (χ0n) is 2.16. The summed E-state index contributed by atoms with van der Waals surface area (Å²) in [6.07, 6.45) is 0. The van der Waals surface area contributed by atoms with Gasteiger partial charge in [-0.3, -0.25) is 9.11 Å². The zero-order valence-corrected chi connectivity index (χ0v) is 4.85. The van der Waals surface area contributed by atoms with Crippen molar-refractivity contribution in [3.05, 3.63) is 0 Å². The van der Waals surface area contributed by atoms with Crippen molar-refractivity contribution in [3.8, 4) is 0 Å². The molecule has 0 aliphatic carbocycles. The van der Waals surface area contributed by atoms with Gasteiger partial charge >= 0.3 is 0 Å². The average Bonchev–Trinajstić information content (AvgIpc) is 0.811. The summed E-state index contributed by atoms with van der Waals surface area (Å²) in [6.45, 7) is 0. The van der Waals surface area contributed by atoms with Gasteiger partial charge in [-0.2, -0.15) is 4.21 Å². The Hall–Kier alpha value is 0.628. The number of hydrogen-bond acceptors (Lipinski definition) is 1. The van der Waals surface area contributed by atoms with Crippen LogP contribution in [0.5, 0.6) is 0 Å². The zero-order chi connectivity index (χ0) is 3.58. The Labute approximate surface area is 43.2 Å². The predicted molar refractivity (Wildman–Crippen MR) is 19.2 cm³/mol. The molecule has 0 atom stereocenters. The summed E-state index contributed by atoms with van der Waals surface area (Å²) in [5.74, 6) is 0. The van der Waals surface area contributed by atoms with Gasteiger partial charge in [-0.05, 0) is 0 Å². The monoisotopic (exact) mass is 157 g/mol. The molecule has 0 saturated heterocycles. The maximum Gasteiger partial charge on any atom is 0.299 e. The molecule has 2 N–H and O–H groups in total. The van der Waals surface area contributed by atoms with E-state index in [0.717, 1.165) is 0 Å². The predicted octanol–water partition coefficient (Wildman–Crippen LogP) is -0.700. The molecular weight excluding hydrogens is 155 g/mol. The molecule has 0 aromatic heterocycles. The molecule has 0 aromatic carbocycles. The Morgan fingerprint density at radius 1 is 1.40 bits per heavy atom. The van der Waals surface area contributed by atoms with E-state index < -0.39 is 11.4 Å². The molecule has 0 aromatic rings. The van der Waals surface area contributed by atoms with Crippen LogP contribution in [-0.4, -0.2) is 31.3 Å². The molecule has 5 heteroatoms. The van der Waals surface area contributed by atoms with Gasteiger partial charge in [-0.25, -0.2) is 0 Å². The Bertz CT molecular complexity index is 29.9. The summed E-state index contributed by atoms with van der Waals surface area (Å²) in [7, 11) is 0. The van der Waals surface area contributed by atoms with Gasteiger partial charge in [0.2, 0.25) is 0 Å². The van der Waals surface area contributed by atoms with Crippen LogP contribution in [0.3, 0.4) is 0 Å². The Balaban J connectivity index is 0. The fraction of sp³-hybridized carbons (Fsp3) is 0. The first-order valence-electron chi connectivity index (χ1n) is 0.532. The van der Waals surface area contributed by atoms with Gasteiger partial charge < -0.3 is 0 Å². The molecule has 31 valence electrons.